The lowest BCUT2D eigenvalue weighted by Gasteiger charge is -2.29. The van der Waals surface area contributed by atoms with Crippen molar-refractivity contribution < 1.29 is 5.11 Å². The van der Waals surface area contributed by atoms with E-state index in [0.717, 1.165) is 30.1 Å². The molecule has 4 heteroatoms. The fraction of sp³-hybridized carbons (Fsp3) is 0.562. The van der Waals surface area contributed by atoms with E-state index >= 15 is 0 Å². The summed E-state index contributed by atoms with van der Waals surface area (Å²) in [5.41, 5.74) is 2.20. The van der Waals surface area contributed by atoms with Gasteiger partial charge in [0.05, 0.1) is 17.1 Å². The Kier molecular flexibility index (Phi) is 3.78. The van der Waals surface area contributed by atoms with Crippen molar-refractivity contribution in [1.82, 2.24) is 9.55 Å². The third-order valence-corrected chi connectivity index (χ3v) is 6.01. The molecule has 0 saturated carbocycles. The van der Waals surface area contributed by atoms with Crippen LogP contribution in [0.5, 0.6) is 0 Å². The third kappa shape index (κ3) is 2.35. The van der Waals surface area contributed by atoms with E-state index in [-0.39, 0.29) is 10.9 Å². The highest BCUT2D eigenvalue weighted by Gasteiger charge is 2.37. The summed E-state index contributed by atoms with van der Waals surface area (Å²) in [6.45, 7) is 5.22. The second kappa shape index (κ2) is 5.41. The van der Waals surface area contributed by atoms with Crippen LogP contribution in [0.2, 0.25) is 0 Å². The van der Waals surface area contributed by atoms with Crippen molar-refractivity contribution in [3.8, 4) is 0 Å². The lowest BCUT2D eigenvalue weighted by molar-refractivity contribution is 0.130. The molecule has 1 aromatic heterocycles. The number of hydrogen-bond donors (Lipinski definition) is 1. The Balaban J connectivity index is 1.90. The van der Waals surface area contributed by atoms with Crippen LogP contribution < -0.4 is 0 Å². The molecule has 1 aliphatic rings. The van der Waals surface area contributed by atoms with E-state index in [1.165, 1.54) is 11.9 Å². The van der Waals surface area contributed by atoms with Gasteiger partial charge in [-0.05, 0) is 44.6 Å². The monoisotopic (exact) mass is 290 g/mol. The molecule has 3 rings (SSSR count). The Labute approximate surface area is 124 Å². The number of aliphatic hydroxyl groups is 1. The predicted octanol–water partition coefficient (Wildman–Crippen LogP) is 3.25. The zero-order valence-corrected chi connectivity index (χ0v) is 13.0. The van der Waals surface area contributed by atoms with Crippen LogP contribution in [0.4, 0.5) is 0 Å². The summed E-state index contributed by atoms with van der Waals surface area (Å²) in [5.74, 6) is 2.17. The lowest BCUT2D eigenvalue weighted by atomic mass is 9.96. The standard InChI is InChI=1S/C16H22N2OS/c1-3-18-13-8-5-4-7-12(13)17-15(18)11-14(19)16(2)9-6-10-20-16/h4-5,7-8,14,19H,3,6,9-11H2,1-2H3. The molecule has 1 aromatic carbocycles. The minimum absolute atomic E-state index is 0.00327. The number of imidazole rings is 1. The molecule has 2 aromatic rings. The lowest BCUT2D eigenvalue weighted by Crippen LogP contribution is -2.36. The first-order valence-corrected chi connectivity index (χ1v) is 8.39. The van der Waals surface area contributed by atoms with E-state index in [1.54, 1.807) is 0 Å². The van der Waals surface area contributed by atoms with Crippen molar-refractivity contribution in [1.29, 1.82) is 0 Å². The average Bonchev–Trinajstić information content (AvgIpc) is 3.03. The number of hydrogen-bond acceptors (Lipinski definition) is 3. The number of para-hydroxylation sites is 2. The van der Waals surface area contributed by atoms with Crippen LogP contribution >= 0.6 is 11.8 Å². The Morgan fingerprint density at radius 2 is 2.25 bits per heavy atom. The Morgan fingerprint density at radius 3 is 2.95 bits per heavy atom. The van der Waals surface area contributed by atoms with Gasteiger partial charge in [0.2, 0.25) is 0 Å². The summed E-state index contributed by atoms with van der Waals surface area (Å²) >= 11 is 1.91. The summed E-state index contributed by atoms with van der Waals surface area (Å²) in [5, 5.41) is 10.6. The highest BCUT2D eigenvalue weighted by atomic mass is 32.2. The van der Waals surface area contributed by atoms with Crippen LogP contribution in [-0.4, -0.2) is 31.3 Å². The summed E-state index contributed by atoms with van der Waals surface area (Å²) in [4.78, 5) is 4.72. The average molecular weight is 290 g/mol. The third-order valence-electron chi connectivity index (χ3n) is 4.38. The Hall–Kier alpha value is -1.00. The van der Waals surface area contributed by atoms with E-state index in [4.69, 9.17) is 4.98 Å². The number of rotatable bonds is 4. The van der Waals surface area contributed by atoms with Crippen molar-refractivity contribution in [2.24, 2.45) is 0 Å². The summed E-state index contributed by atoms with van der Waals surface area (Å²) in [6, 6.07) is 8.21. The fourth-order valence-corrected chi connectivity index (χ4v) is 4.41. The molecular formula is C16H22N2OS. The highest BCUT2D eigenvalue weighted by Crippen LogP contribution is 2.41. The summed E-state index contributed by atoms with van der Waals surface area (Å²) in [6.07, 6.45) is 2.64. The van der Waals surface area contributed by atoms with E-state index in [9.17, 15) is 5.11 Å². The second-order valence-corrected chi connectivity index (χ2v) is 7.38. The number of nitrogens with zero attached hydrogens (tertiary/aromatic N) is 2. The van der Waals surface area contributed by atoms with Gasteiger partial charge in [-0.1, -0.05) is 12.1 Å². The van der Waals surface area contributed by atoms with Crippen LogP contribution in [0.1, 0.15) is 32.5 Å². The molecule has 0 radical (unpaired) electrons. The second-order valence-electron chi connectivity index (χ2n) is 5.75. The number of fused-ring (bicyclic) bond motifs is 1. The normalized spacial score (nSPS) is 24.4. The number of thioether (sulfide) groups is 1. The summed E-state index contributed by atoms with van der Waals surface area (Å²) < 4.78 is 2.22. The maximum absolute atomic E-state index is 10.6. The molecule has 3 nitrogen and oxygen atoms in total. The number of benzene rings is 1. The van der Waals surface area contributed by atoms with Gasteiger partial charge in [-0.3, -0.25) is 0 Å². The molecule has 0 amide bonds. The zero-order chi connectivity index (χ0) is 14.2. The maximum Gasteiger partial charge on any atom is 0.112 e. The van der Waals surface area contributed by atoms with Crippen LogP contribution in [-0.2, 0) is 13.0 Å². The topological polar surface area (TPSA) is 38.0 Å². The van der Waals surface area contributed by atoms with Gasteiger partial charge in [0.15, 0.2) is 0 Å². The van der Waals surface area contributed by atoms with Crippen molar-refractivity contribution >= 4 is 22.8 Å². The van der Waals surface area contributed by atoms with Gasteiger partial charge < -0.3 is 9.67 Å². The molecule has 1 saturated heterocycles. The largest absolute Gasteiger partial charge is 0.391 e. The van der Waals surface area contributed by atoms with Gasteiger partial charge in [-0.25, -0.2) is 4.98 Å². The highest BCUT2D eigenvalue weighted by molar-refractivity contribution is 8.00. The molecular weight excluding hydrogens is 268 g/mol. The SMILES string of the molecule is CCn1c(CC(O)C2(C)CCCS2)nc2ccccc21. The van der Waals surface area contributed by atoms with Crippen LogP contribution in [0.25, 0.3) is 11.0 Å². The molecule has 1 aliphatic heterocycles. The van der Waals surface area contributed by atoms with E-state index in [1.807, 2.05) is 30.0 Å². The van der Waals surface area contributed by atoms with Gasteiger partial charge in [0, 0.05) is 17.7 Å². The van der Waals surface area contributed by atoms with Crippen molar-refractivity contribution in [3.63, 3.8) is 0 Å². The first kappa shape index (κ1) is 14.0. The molecule has 2 atom stereocenters. The molecule has 0 aliphatic carbocycles. The minimum atomic E-state index is -0.322. The molecule has 2 unspecified atom stereocenters. The maximum atomic E-state index is 10.6. The minimum Gasteiger partial charge on any atom is -0.391 e. The van der Waals surface area contributed by atoms with E-state index in [2.05, 4.69) is 24.5 Å². The molecule has 2 heterocycles. The van der Waals surface area contributed by atoms with E-state index in [0.29, 0.717) is 6.42 Å². The Bertz CT molecular complexity index is 602. The van der Waals surface area contributed by atoms with Gasteiger partial charge in [0.1, 0.15) is 5.82 Å². The van der Waals surface area contributed by atoms with Crippen molar-refractivity contribution in [2.45, 2.75) is 50.5 Å². The zero-order valence-electron chi connectivity index (χ0n) is 12.2. The van der Waals surface area contributed by atoms with Crippen molar-refractivity contribution in [3.05, 3.63) is 30.1 Å². The molecule has 0 bridgehead atoms. The number of aromatic nitrogens is 2. The molecule has 20 heavy (non-hydrogen) atoms. The molecule has 1 fully saturated rings. The van der Waals surface area contributed by atoms with Crippen LogP contribution in [0.3, 0.4) is 0 Å². The van der Waals surface area contributed by atoms with Gasteiger partial charge in [-0.2, -0.15) is 11.8 Å². The smallest absolute Gasteiger partial charge is 0.112 e. The quantitative estimate of drug-likeness (QED) is 0.939. The first-order valence-electron chi connectivity index (χ1n) is 7.40. The Morgan fingerprint density at radius 1 is 1.45 bits per heavy atom. The van der Waals surface area contributed by atoms with Gasteiger partial charge >= 0.3 is 0 Å². The van der Waals surface area contributed by atoms with Crippen molar-refractivity contribution in [2.75, 3.05) is 5.75 Å². The number of aliphatic hydroxyl groups excluding tert-OH is 1. The molecule has 0 spiro atoms. The molecule has 1 N–H and O–H groups in total. The molecule has 108 valence electrons. The number of aryl methyl sites for hydroxylation is 1. The first-order chi connectivity index (χ1) is 9.64. The summed E-state index contributed by atoms with van der Waals surface area (Å²) in [7, 11) is 0. The van der Waals surface area contributed by atoms with E-state index < -0.39 is 0 Å². The fourth-order valence-electron chi connectivity index (χ4n) is 3.09. The van der Waals surface area contributed by atoms with Crippen LogP contribution in [0, 0.1) is 0 Å². The van der Waals surface area contributed by atoms with Crippen LogP contribution in [0.15, 0.2) is 24.3 Å². The predicted molar refractivity (Wildman–Crippen MR) is 85.2 cm³/mol. The van der Waals surface area contributed by atoms with Gasteiger partial charge in [-0.15, -0.1) is 0 Å². The van der Waals surface area contributed by atoms with Gasteiger partial charge in [0.25, 0.3) is 0 Å².